The molecule has 1 N–H and O–H groups in total. The predicted octanol–water partition coefficient (Wildman–Crippen LogP) is 3.51. The van der Waals surface area contributed by atoms with Crippen LogP contribution in [0.15, 0.2) is 30.6 Å². The highest BCUT2D eigenvalue weighted by molar-refractivity contribution is 6.29. The Hall–Kier alpha value is -1.94. The van der Waals surface area contributed by atoms with E-state index < -0.39 is 0 Å². The van der Waals surface area contributed by atoms with Crippen molar-refractivity contribution in [2.75, 3.05) is 5.32 Å². The molecule has 0 fully saturated rings. The molecule has 0 saturated heterocycles. The van der Waals surface area contributed by atoms with Crippen LogP contribution in [0, 0.1) is 0 Å². The number of carbonyl (C=O) groups excluding carboxylic acids is 1. The van der Waals surface area contributed by atoms with Crippen LogP contribution < -0.4 is 5.32 Å². The number of halogens is 1. The van der Waals surface area contributed by atoms with Gasteiger partial charge in [0, 0.05) is 5.69 Å². The molecule has 0 bridgehead atoms. The molecule has 4 nitrogen and oxygen atoms in total. The quantitative estimate of drug-likeness (QED) is 0.937. The summed E-state index contributed by atoms with van der Waals surface area (Å²) in [5.41, 5.74) is 3.35. The number of hydrogen-bond acceptors (Lipinski definition) is 3. The standard InChI is InChI=1S/C15H16ClN3O/c1-3-10-6-5-7-11(4-2)14(10)19-15(20)12-8-18-13(16)9-17-12/h5-9H,3-4H2,1-2H3,(H,19,20). The molecular formula is C15H16ClN3O. The molecule has 1 heterocycles. The monoisotopic (exact) mass is 289 g/mol. The van der Waals surface area contributed by atoms with Crippen LogP contribution >= 0.6 is 11.6 Å². The van der Waals surface area contributed by atoms with E-state index in [1.165, 1.54) is 12.4 Å². The van der Waals surface area contributed by atoms with Crippen LogP contribution in [0.25, 0.3) is 0 Å². The van der Waals surface area contributed by atoms with Crippen molar-refractivity contribution < 1.29 is 4.79 Å². The van der Waals surface area contributed by atoms with Crippen LogP contribution in [0.3, 0.4) is 0 Å². The molecule has 1 amide bonds. The van der Waals surface area contributed by atoms with Crippen LogP contribution in [0.5, 0.6) is 0 Å². The van der Waals surface area contributed by atoms with E-state index in [2.05, 4.69) is 29.1 Å². The second kappa shape index (κ2) is 6.48. The lowest BCUT2D eigenvalue weighted by Crippen LogP contribution is -2.16. The smallest absolute Gasteiger partial charge is 0.275 e. The molecule has 0 aliphatic heterocycles. The Morgan fingerprint density at radius 3 is 2.30 bits per heavy atom. The van der Waals surface area contributed by atoms with Gasteiger partial charge in [0.2, 0.25) is 0 Å². The van der Waals surface area contributed by atoms with Gasteiger partial charge in [0.25, 0.3) is 5.91 Å². The fraction of sp³-hybridized carbons (Fsp3) is 0.267. The Morgan fingerprint density at radius 1 is 1.15 bits per heavy atom. The molecule has 2 rings (SSSR count). The van der Waals surface area contributed by atoms with E-state index >= 15 is 0 Å². The Labute approximate surface area is 123 Å². The van der Waals surface area contributed by atoms with Gasteiger partial charge in [-0.3, -0.25) is 4.79 Å². The maximum Gasteiger partial charge on any atom is 0.275 e. The average Bonchev–Trinajstić information content (AvgIpc) is 2.48. The zero-order chi connectivity index (χ0) is 14.5. The number of nitrogens with zero attached hydrogens (tertiary/aromatic N) is 2. The van der Waals surface area contributed by atoms with Crippen LogP contribution in [0.4, 0.5) is 5.69 Å². The maximum atomic E-state index is 12.2. The van der Waals surface area contributed by atoms with Crippen molar-refractivity contribution in [2.45, 2.75) is 26.7 Å². The van der Waals surface area contributed by atoms with Gasteiger partial charge in [0.15, 0.2) is 0 Å². The molecule has 0 atom stereocenters. The lowest BCUT2D eigenvalue weighted by molar-refractivity contribution is 0.102. The molecule has 1 aromatic heterocycles. The first kappa shape index (κ1) is 14.5. The summed E-state index contributed by atoms with van der Waals surface area (Å²) in [4.78, 5) is 20.1. The van der Waals surface area contributed by atoms with Crippen LogP contribution in [-0.4, -0.2) is 15.9 Å². The average molecular weight is 290 g/mol. The first-order chi connectivity index (χ1) is 9.65. The summed E-state index contributed by atoms with van der Waals surface area (Å²) in [7, 11) is 0. The largest absolute Gasteiger partial charge is 0.320 e. The number of nitrogens with one attached hydrogen (secondary N) is 1. The highest BCUT2D eigenvalue weighted by atomic mass is 35.5. The highest BCUT2D eigenvalue weighted by Crippen LogP contribution is 2.23. The van der Waals surface area contributed by atoms with E-state index in [-0.39, 0.29) is 16.8 Å². The minimum atomic E-state index is -0.273. The molecule has 1 aromatic carbocycles. The van der Waals surface area contributed by atoms with Gasteiger partial charge in [-0.1, -0.05) is 43.6 Å². The van der Waals surface area contributed by atoms with Crippen LogP contribution in [0.1, 0.15) is 35.5 Å². The van der Waals surface area contributed by atoms with E-state index in [9.17, 15) is 4.79 Å². The number of para-hydroxylation sites is 1. The van der Waals surface area contributed by atoms with Gasteiger partial charge in [-0.15, -0.1) is 0 Å². The van der Waals surface area contributed by atoms with Crippen LogP contribution in [-0.2, 0) is 12.8 Å². The molecular weight excluding hydrogens is 274 g/mol. The van der Waals surface area contributed by atoms with Gasteiger partial charge in [-0.05, 0) is 24.0 Å². The minimum absolute atomic E-state index is 0.252. The Morgan fingerprint density at radius 2 is 1.80 bits per heavy atom. The van der Waals surface area contributed by atoms with Crippen molar-refractivity contribution in [3.63, 3.8) is 0 Å². The lowest BCUT2D eigenvalue weighted by Gasteiger charge is -2.14. The zero-order valence-corrected chi connectivity index (χ0v) is 12.2. The van der Waals surface area contributed by atoms with E-state index in [1.54, 1.807) is 0 Å². The van der Waals surface area contributed by atoms with Gasteiger partial charge in [-0.2, -0.15) is 0 Å². The third-order valence-corrected chi connectivity index (χ3v) is 3.29. The van der Waals surface area contributed by atoms with Gasteiger partial charge in [0.05, 0.1) is 12.4 Å². The fourth-order valence-corrected chi connectivity index (χ4v) is 2.11. The molecule has 0 radical (unpaired) electrons. The Bertz CT molecular complexity index is 589. The van der Waals surface area contributed by atoms with Crippen molar-refractivity contribution in [2.24, 2.45) is 0 Å². The minimum Gasteiger partial charge on any atom is -0.320 e. The maximum absolute atomic E-state index is 12.2. The predicted molar refractivity (Wildman–Crippen MR) is 80.2 cm³/mol. The van der Waals surface area contributed by atoms with Crippen molar-refractivity contribution in [1.29, 1.82) is 0 Å². The van der Waals surface area contributed by atoms with Crippen molar-refractivity contribution in [3.05, 3.63) is 52.6 Å². The summed E-state index contributed by atoms with van der Waals surface area (Å²) in [6.07, 6.45) is 4.45. The summed E-state index contributed by atoms with van der Waals surface area (Å²) in [5, 5.41) is 3.20. The molecule has 20 heavy (non-hydrogen) atoms. The first-order valence-electron chi connectivity index (χ1n) is 6.55. The summed E-state index contributed by atoms with van der Waals surface area (Å²) in [6, 6.07) is 6.04. The van der Waals surface area contributed by atoms with Gasteiger partial charge in [0.1, 0.15) is 10.8 Å². The van der Waals surface area contributed by atoms with Gasteiger partial charge < -0.3 is 5.32 Å². The Balaban J connectivity index is 2.29. The summed E-state index contributed by atoms with van der Waals surface area (Å²) >= 11 is 5.67. The second-order valence-electron chi connectivity index (χ2n) is 4.34. The van der Waals surface area contributed by atoms with Crippen molar-refractivity contribution in [1.82, 2.24) is 9.97 Å². The lowest BCUT2D eigenvalue weighted by atomic mass is 10.0. The van der Waals surface area contributed by atoms with Gasteiger partial charge in [-0.25, -0.2) is 9.97 Å². The van der Waals surface area contributed by atoms with Gasteiger partial charge >= 0.3 is 0 Å². The molecule has 104 valence electrons. The van der Waals surface area contributed by atoms with Crippen molar-refractivity contribution in [3.8, 4) is 0 Å². The first-order valence-corrected chi connectivity index (χ1v) is 6.93. The number of benzene rings is 1. The third-order valence-electron chi connectivity index (χ3n) is 3.09. The number of rotatable bonds is 4. The number of amides is 1. The number of aryl methyl sites for hydroxylation is 2. The molecule has 0 aliphatic rings. The molecule has 2 aromatic rings. The number of carbonyl (C=O) groups is 1. The fourth-order valence-electron chi connectivity index (χ4n) is 2.01. The van der Waals surface area contributed by atoms with Crippen LogP contribution in [0.2, 0.25) is 5.15 Å². The third kappa shape index (κ3) is 3.14. The number of anilines is 1. The van der Waals surface area contributed by atoms with E-state index in [0.717, 1.165) is 29.7 Å². The molecule has 0 spiro atoms. The zero-order valence-electron chi connectivity index (χ0n) is 11.5. The summed E-state index contributed by atoms with van der Waals surface area (Å²) in [5.74, 6) is -0.273. The number of aromatic nitrogens is 2. The van der Waals surface area contributed by atoms with E-state index in [4.69, 9.17) is 11.6 Å². The second-order valence-corrected chi connectivity index (χ2v) is 4.72. The van der Waals surface area contributed by atoms with Crippen molar-refractivity contribution >= 4 is 23.2 Å². The Kier molecular flexibility index (Phi) is 4.69. The topological polar surface area (TPSA) is 54.9 Å². The summed E-state index contributed by atoms with van der Waals surface area (Å²) < 4.78 is 0. The molecule has 0 unspecified atom stereocenters. The molecule has 0 saturated carbocycles. The van der Waals surface area contributed by atoms with E-state index in [1.807, 2.05) is 18.2 Å². The SMILES string of the molecule is CCc1cccc(CC)c1NC(=O)c1cnc(Cl)cn1. The highest BCUT2D eigenvalue weighted by Gasteiger charge is 2.13. The molecule has 0 aliphatic carbocycles. The molecule has 5 heteroatoms. The summed E-state index contributed by atoms with van der Waals surface area (Å²) in [6.45, 7) is 4.12. The normalized spacial score (nSPS) is 10.3. The van der Waals surface area contributed by atoms with E-state index in [0.29, 0.717) is 0 Å². The number of hydrogen-bond donors (Lipinski definition) is 1.